The van der Waals surface area contributed by atoms with E-state index in [2.05, 4.69) is 26.8 Å². The Hall–Kier alpha value is -0.590. The van der Waals surface area contributed by atoms with E-state index >= 15 is 0 Å². The monoisotopic (exact) mass is 252 g/mol. The molecule has 2 N–H and O–H groups in total. The molecule has 0 aromatic rings. The second-order valence-electron chi connectivity index (χ2n) is 7.04. The lowest BCUT2D eigenvalue weighted by Gasteiger charge is -2.38. The van der Waals surface area contributed by atoms with Crippen molar-refractivity contribution < 1.29 is 4.74 Å². The molecule has 18 heavy (non-hydrogen) atoms. The molecule has 1 fully saturated rings. The Bertz CT molecular complexity index is 304. The van der Waals surface area contributed by atoms with E-state index in [9.17, 15) is 0 Å². The fourth-order valence-electron chi connectivity index (χ4n) is 3.13. The molecule has 0 aliphatic heterocycles. The molecule has 0 radical (unpaired) electrons. The molecule has 0 spiro atoms. The van der Waals surface area contributed by atoms with Crippen LogP contribution in [0.3, 0.4) is 0 Å². The van der Waals surface area contributed by atoms with Crippen molar-refractivity contribution >= 4 is 0 Å². The zero-order valence-corrected chi connectivity index (χ0v) is 12.3. The van der Waals surface area contributed by atoms with Gasteiger partial charge in [-0.1, -0.05) is 20.8 Å². The van der Waals surface area contributed by atoms with Crippen LogP contribution in [0.5, 0.6) is 0 Å². The molecule has 0 amide bonds. The van der Waals surface area contributed by atoms with Gasteiger partial charge in [-0.2, -0.15) is 5.26 Å². The topological polar surface area (TPSA) is 59.0 Å². The third-order valence-corrected chi connectivity index (χ3v) is 3.80. The normalized spacial score (nSPS) is 30.4. The first-order chi connectivity index (χ1) is 8.24. The Morgan fingerprint density at radius 1 is 1.44 bits per heavy atom. The SMILES string of the molecule is CC1CC(OCCCC(C)(N)C#N)CC(C)(C)C1. The largest absolute Gasteiger partial charge is 0.378 e. The van der Waals surface area contributed by atoms with Crippen molar-refractivity contribution in [3.8, 4) is 6.07 Å². The van der Waals surface area contributed by atoms with Crippen LogP contribution in [0.4, 0.5) is 0 Å². The third-order valence-electron chi connectivity index (χ3n) is 3.80. The standard InChI is InChI=1S/C15H28N2O/c1-12-8-13(10-14(2,3)9-12)18-7-5-6-15(4,17)11-16/h12-13H,5-10,17H2,1-4H3. The molecule has 0 aromatic heterocycles. The fourth-order valence-corrected chi connectivity index (χ4v) is 3.13. The number of hydrogen-bond donors (Lipinski definition) is 1. The van der Waals surface area contributed by atoms with Gasteiger partial charge < -0.3 is 10.5 Å². The van der Waals surface area contributed by atoms with Crippen LogP contribution in [0, 0.1) is 22.7 Å². The van der Waals surface area contributed by atoms with Gasteiger partial charge in [0.2, 0.25) is 0 Å². The van der Waals surface area contributed by atoms with Crippen LogP contribution >= 0.6 is 0 Å². The van der Waals surface area contributed by atoms with Gasteiger partial charge >= 0.3 is 0 Å². The Balaban J connectivity index is 2.26. The summed E-state index contributed by atoms with van der Waals surface area (Å²) in [5.74, 6) is 0.748. The highest BCUT2D eigenvalue weighted by Gasteiger charge is 2.32. The minimum atomic E-state index is -0.706. The summed E-state index contributed by atoms with van der Waals surface area (Å²) in [7, 11) is 0. The fraction of sp³-hybridized carbons (Fsp3) is 0.933. The molecular weight excluding hydrogens is 224 g/mol. The second kappa shape index (κ2) is 6.04. The average molecular weight is 252 g/mol. The minimum absolute atomic E-state index is 0.384. The molecule has 3 unspecified atom stereocenters. The summed E-state index contributed by atoms with van der Waals surface area (Å²) in [6, 6.07) is 2.12. The smallest absolute Gasteiger partial charge is 0.101 e. The molecule has 0 bridgehead atoms. The lowest BCUT2D eigenvalue weighted by Crippen LogP contribution is -2.35. The van der Waals surface area contributed by atoms with Crippen molar-refractivity contribution in [2.45, 2.75) is 71.4 Å². The lowest BCUT2D eigenvalue weighted by molar-refractivity contribution is -0.0246. The molecule has 3 atom stereocenters. The Labute approximate surface area is 112 Å². The quantitative estimate of drug-likeness (QED) is 0.764. The molecule has 0 aromatic carbocycles. The van der Waals surface area contributed by atoms with Crippen LogP contribution in [-0.2, 0) is 4.74 Å². The van der Waals surface area contributed by atoms with Gasteiger partial charge in [0.05, 0.1) is 12.2 Å². The molecule has 3 heteroatoms. The zero-order chi connectivity index (χ0) is 13.8. The van der Waals surface area contributed by atoms with E-state index in [4.69, 9.17) is 15.7 Å². The van der Waals surface area contributed by atoms with Crippen LogP contribution in [0.1, 0.15) is 59.8 Å². The summed E-state index contributed by atoms with van der Waals surface area (Å²) in [4.78, 5) is 0. The van der Waals surface area contributed by atoms with Gasteiger partial charge in [0.25, 0.3) is 0 Å². The summed E-state index contributed by atoms with van der Waals surface area (Å²) < 4.78 is 5.96. The van der Waals surface area contributed by atoms with E-state index in [1.54, 1.807) is 6.92 Å². The Morgan fingerprint density at radius 2 is 2.11 bits per heavy atom. The summed E-state index contributed by atoms with van der Waals surface area (Å²) in [5, 5.41) is 8.83. The molecule has 0 saturated heterocycles. The van der Waals surface area contributed by atoms with Crippen LogP contribution in [0.25, 0.3) is 0 Å². The predicted octanol–water partition coefficient (Wildman–Crippen LogP) is 3.24. The summed E-state index contributed by atoms with van der Waals surface area (Å²) in [6.07, 6.45) is 5.56. The van der Waals surface area contributed by atoms with Crippen LogP contribution in [-0.4, -0.2) is 18.2 Å². The molecule has 1 saturated carbocycles. The number of rotatable bonds is 5. The maximum Gasteiger partial charge on any atom is 0.101 e. The van der Waals surface area contributed by atoms with Crippen molar-refractivity contribution in [1.29, 1.82) is 5.26 Å². The first kappa shape index (κ1) is 15.5. The number of nitrogens with two attached hydrogens (primary N) is 1. The van der Waals surface area contributed by atoms with E-state index in [1.165, 1.54) is 12.8 Å². The molecule has 0 heterocycles. The molecule has 1 aliphatic carbocycles. The van der Waals surface area contributed by atoms with Gasteiger partial charge in [0, 0.05) is 6.61 Å². The Morgan fingerprint density at radius 3 is 2.67 bits per heavy atom. The van der Waals surface area contributed by atoms with Crippen LogP contribution < -0.4 is 5.73 Å². The highest BCUT2D eigenvalue weighted by Crippen LogP contribution is 2.39. The molecule has 104 valence electrons. The third kappa shape index (κ3) is 5.37. The van der Waals surface area contributed by atoms with E-state index in [0.717, 1.165) is 25.4 Å². The second-order valence-corrected chi connectivity index (χ2v) is 7.04. The summed E-state index contributed by atoms with van der Waals surface area (Å²) >= 11 is 0. The first-order valence-electron chi connectivity index (χ1n) is 7.06. The van der Waals surface area contributed by atoms with E-state index < -0.39 is 5.54 Å². The van der Waals surface area contributed by atoms with Gasteiger partial charge in [0.15, 0.2) is 0 Å². The van der Waals surface area contributed by atoms with Gasteiger partial charge in [0.1, 0.15) is 5.54 Å². The van der Waals surface area contributed by atoms with Crippen molar-refractivity contribution in [1.82, 2.24) is 0 Å². The number of ether oxygens (including phenoxy) is 1. The highest BCUT2D eigenvalue weighted by molar-refractivity contribution is 5.00. The minimum Gasteiger partial charge on any atom is -0.378 e. The average Bonchev–Trinajstić information content (AvgIpc) is 2.22. The van der Waals surface area contributed by atoms with Crippen LogP contribution in [0.15, 0.2) is 0 Å². The summed E-state index contributed by atoms with van der Waals surface area (Å²) in [6.45, 7) is 9.46. The van der Waals surface area contributed by atoms with Crippen molar-refractivity contribution in [2.24, 2.45) is 17.1 Å². The van der Waals surface area contributed by atoms with Gasteiger partial charge in [-0.05, 0) is 50.4 Å². The maximum absolute atomic E-state index is 8.83. The molecular formula is C15H28N2O. The van der Waals surface area contributed by atoms with E-state index in [1.807, 2.05) is 0 Å². The van der Waals surface area contributed by atoms with Gasteiger partial charge in [-0.15, -0.1) is 0 Å². The number of nitriles is 1. The maximum atomic E-state index is 8.83. The predicted molar refractivity (Wildman–Crippen MR) is 74.0 cm³/mol. The number of nitrogens with zero attached hydrogens (tertiary/aromatic N) is 1. The highest BCUT2D eigenvalue weighted by atomic mass is 16.5. The Kier molecular flexibility index (Phi) is 5.19. The van der Waals surface area contributed by atoms with Gasteiger partial charge in [-0.3, -0.25) is 0 Å². The molecule has 1 aliphatic rings. The van der Waals surface area contributed by atoms with Gasteiger partial charge in [-0.25, -0.2) is 0 Å². The van der Waals surface area contributed by atoms with E-state index in [-0.39, 0.29) is 0 Å². The zero-order valence-electron chi connectivity index (χ0n) is 12.3. The summed E-state index contributed by atoms with van der Waals surface area (Å²) in [5.41, 5.74) is 5.48. The molecule has 3 nitrogen and oxygen atoms in total. The van der Waals surface area contributed by atoms with Crippen molar-refractivity contribution in [2.75, 3.05) is 6.61 Å². The van der Waals surface area contributed by atoms with Crippen molar-refractivity contribution in [3.05, 3.63) is 0 Å². The number of hydrogen-bond acceptors (Lipinski definition) is 3. The molecule has 1 rings (SSSR count). The van der Waals surface area contributed by atoms with E-state index in [0.29, 0.717) is 17.9 Å². The van der Waals surface area contributed by atoms with Crippen LogP contribution in [0.2, 0.25) is 0 Å². The lowest BCUT2D eigenvalue weighted by atomic mass is 9.71. The first-order valence-corrected chi connectivity index (χ1v) is 7.06. The van der Waals surface area contributed by atoms with Crippen molar-refractivity contribution in [3.63, 3.8) is 0 Å².